The highest BCUT2D eigenvalue weighted by atomic mass is 16.5. The molecular weight excluding hydrogens is 302 g/mol. The maximum absolute atomic E-state index is 12.4. The molecule has 3 aromatic rings. The highest BCUT2D eigenvalue weighted by Crippen LogP contribution is 2.22. The predicted molar refractivity (Wildman–Crippen MR) is 93.1 cm³/mol. The first-order valence-electron chi connectivity index (χ1n) is 8.01. The Kier molecular flexibility index (Phi) is 4.75. The van der Waals surface area contributed by atoms with Crippen molar-refractivity contribution in [3.05, 3.63) is 71.9 Å². The average molecular weight is 321 g/mol. The number of ketones is 1. The second-order valence-corrected chi connectivity index (χ2v) is 5.65. The maximum Gasteiger partial charge on any atom is 0.313 e. The van der Waals surface area contributed by atoms with E-state index in [1.54, 1.807) is 6.20 Å². The number of hydrogen-bond donors (Lipinski definition) is 1. The summed E-state index contributed by atoms with van der Waals surface area (Å²) in [5, 5.41) is 0.841. The number of aromatic nitrogens is 1. The molecule has 1 aromatic heterocycles. The zero-order valence-electron chi connectivity index (χ0n) is 13.5. The van der Waals surface area contributed by atoms with Crippen LogP contribution in [-0.4, -0.2) is 23.3 Å². The van der Waals surface area contributed by atoms with Crippen molar-refractivity contribution in [3.63, 3.8) is 0 Å². The van der Waals surface area contributed by atoms with Crippen LogP contribution in [-0.2, 0) is 9.53 Å². The van der Waals surface area contributed by atoms with Gasteiger partial charge in [-0.3, -0.25) is 9.59 Å². The van der Waals surface area contributed by atoms with E-state index in [0.717, 1.165) is 16.5 Å². The Morgan fingerprint density at radius 2 is 1.75 bits per heavy atom. The first-order valence-corrected chi connectivity index (χ1v) is 8.01. The van der Waals surface area contributed by atoms with Gasteiger partial charge in [0.2, 0.25) is 5.78 Å². The van der Waals surface area contributed by atoms with E-state index in [1.165, 1.54) is 0 Å². The van der Waals surface area contributed by atoms with Crippen molar-refractivity contribution >= 4 is 22.7 Å². The number of para-hydroxylation sites is 1. The van der Waals surface area contributed by atoms with E-state index < -0.39 is 0 Å². The summed E-state index contributed by atoms with van der Waals surface area (Å²) in [5.74, 6) is -0.914. The van der Waals surface area contributed by atoms with Crippen LogP contribution < -0.4 is 0 Å². The molecule has 24 heavy (non-hydrogen) atoms. The topological polar surface area (TPSA) is 59.2 Å². The second-order valence-electron chi connectivity index (χ2n) is 5.65. The molecule has 1 atom stereocenters. The Balaban J connectivity index is 1.68. The average Bonchev–Trinajstić information content (AvgIpc) is 3.05. The zero-order chi connectivity index (χ0) is 16.9. The van der Waals surface area contributed by atoms with Crippen LogP contribution in [0.5, 0.6) is 0 Å². The van der Waals surface area contributed by atoms with Gasteiger partial charge in [-0.05, 0) is 18.1 Å². The molecule has 0 fully saturated rings. The minimum Gasteiger partial charge on any atom is -0.457 e. The number of hydrogen-bond acceptors (Lipinski definition) is 3. The zero-order valence-corrected chi connectivity index (χ0v) is 13.5. The molecule has 4 nitrogen and oxygen atoms in total. The highest BCUT2D eigenvalue weighted by molar-refractivity contribution is 6.08. The normalized spacial score (nSPS) is 12.0. The quantitative estimate of drug-likeness (QED) is 0.549. The van der Waals surface area contributed by atoms with Gasteiger partial charge in [-0.15, -0.1) is 0 Å². The minimum absolute atomic E-state index is 0.205. The molecule has 1 heterocycles. The maximum atomic E-state index is 12.4. The largest absolute Gasteiger partial charge is 0.457 e. The summed E-state index contributed by atoms with van der Waals surface area (Å²) in [6.45, 7) is 1.68. The van der Waals surface area contributed by atoms with E-state index in [0.29, 0.717) is 12.0 Å². The molecule has 4 heteroatoms. The van der Waals surface area contributed by atoms with Crippen molar-refractivity contribution in [2.75, 3.05) is 6.61 Å². The van der Waals surface area contributed by atoms with Crippen molar-refractivity contribution in [2.45, 2.75) is 19.3 Å². The monoisotopic (exact) mass is 321 g/mol. The van der Waals surface area contributed by atoms with Gasteiger partial charge in [0.25, 0.3) is 0 Å². The number of nitrogens with one attached hydrogen (secondary N) is 1. The van der Waals surface area contributed by atoms with Crippen LogP contribution in [0.25, 0.3) is 10.9 Å². The van der Waals surface area contributed by atoms with Crippen LogP contribution in [0, 0.1) is 0 Å². The number of benzene rings is 2. The summed E-state index contributed by atoms with van der Waals surface area (Å²) in [7, 11) is 0. The van der Waals surface area contributed by atoms with E-state index in [1.807, 2.05) is 61.5 Å². The summed E-state index contributed by atoms with van der Waals surface area (Å²) in [6, 6.07) is 17.0. The molecule has 0 radical (unpaired) electrons. The Morgan fingerprint density at radius 1 is 1.04 bits per heavy atom. The Labute approximate surface area is 140 Å². The lowest BCUT2D eigenvalue weighted by molar-refractivity contribution is -0.144. The van der Waals surface area contributed by atoms with Gasteiger partial charge in [-0.25, -0.2) is 0 Å². The van der Waals surface area contributed by atoms with E-state index in [-0.39, 0.29) is 24.3 Å². The molecule has 3 rings (SSSR count). The molecule has 1 unspecified atom stereocenters. The first kappa shape index (κ1) is 16.0. The molecule has 1 N–H and O–H groups in total. The Bertz CT molecular complexity index is 851. The van der Waals surface area contributed by atoms with Gasteiger partial charge in [-0.2, -0.15) is 0 Å². The molecule has 0 aliphatic rings. The van der Waals surface area contributed by atoms with Gasteiger partial charge in [0.15, 0.2) is 6.61 Å². The van der Waals surface area contributed by atoms with Crippen molar-refractivity contribution in [2.24, 2.45) is 0 Å². The Morgan fingerprint density at radius 3 is 2.50 bits per heavy atom. The van der Waals surface area contributed by atoms with E-state index >= 15 is 0 Å². The number of rotatable bonds is 6. The molecule has 0 aliphatic carbocycles. The SMILES string of the molecule is CCC(C(=O)OCC(=O)c1c[nH]c2ccccc12)c1ccccc1. The fraction of sp³-hybridized carbons (Fsp3) is 0.200. The van der Waals surface area contributed by atoms with E-state index in [2.05, 4.69) is 4.98 Å². The molecule has 122 valence electrons. The summed E-state index contributed by atoms with van der Waals surface area (Å²) >= 11 is 0. The van der Waals surface area contributed by atoms with Crippen LogP contribution in [0.1, 0.15) is 35.2 Å². The predicted octanol–water partition coefficient (Wildman–Crippen LogP) is 4.09. The first-order chi connectivity index (χ1) is 11.7. The molecule has 0 saturated heterocycles. The van der Waals surface area contributed by atoms with Gasteiger partial charge in [0.1, 0.15) is 0 Å². The Hall–Kier alpha value is -2.88. The fourth-order valence-corrected chi connectivity index (χ4v) is 2.84. The minimum atomic E-state index is -0.364. The number of fused-ring (bicyclic) bond motifs is 1. The van der Waals surface area contributed by atoms with Gasteiger partial charge >= 0.3 is 5.97 Å². The molecule has 0 spiro atoms. The van der Waals surface area contributed by atoms with Gasteiger partial charge in [0.05, 0.1) is 5.92 Å². The third-order valence-electron chi connectivity index (χ3n) is 4.13. The molecule has 0 saturated carbocycles. The fourth-order valence-electron chi connectivity index (χ4n) is 2.84. The van der Waals surface area contributed by atoms with Gasteiger partial charge < -0.3 is 9.72 Å². The lowest BCUT2D eigenvalue weighted by atomic mass is 9.97. The molecular formula is C20H19NO3. The number of H-pyrrole nitrogens is 1. The number of aromatic amines is 1. The number of carbonyl (C=O) groups excluding carboxylic acids is 2. The number of ether oxygens (including phenoxy) is 1. The van der Waals surface area contributed by atoms with Gasteiger partial charge in [-0.1, -0.05) is 55.5 Å². The number of Topliss-reactive ketones (excluding diaryl/α,β-unsaturated/α-hetero) is 1. The van der Waals surface area contributed by atoms with Crippen LogP contribution in [0.3, 0.4) is 0 Å². The van der Waals surface area contributed by atoms with Crippen molar-refractivity contribution in [1.82, 2.24) is 4.98 Å². The summed E-state index contributed by atoms with van der Waals surface area (Å²) in [4.78, 5) is 27.8. The summed E-state index contributed by atoms with van der Waals surface area (Å²) < 4.78 is 5.28. The van der Waals surface area contributed by atoms with Crippen LogP contribution in [0.15, 0.2) is 60.8 Å². The van der Waals surface area contributed by atoms with Crippen LogP contribution >= 0.6 is 0 Å². The highest BCUT2D eigenvalue weighted by Gasteiger charge is 2.22. The number of carbonyl (C=O) groups is 2. The van der Waals surface area contributed by atoms with E-state index in [9.17, 15) is 9.59 Å². The second kappa shape index (κ2) is 7.13. The number of esters is 1. The summed E-state index contributed by atoms with van der Waals surface area (Å²) in [5.41, 5.74) is 2.35. The third-order valence-corrected chi connectivity index (χ3v) is 4.13. The smallest absolute Gasteiger partial charge is 0.313 e. The lowest BCUT2D eigenvalue weighted by Crippen LogP contribution is -2.19. The molecule has 0 bridgehead atoms. The van der Waals surface area contributed by atoms with E-state index in [4.69, 9.17) is 4.74 Å². The van der Waals surface area contributed by atoms with Crippen LogP contribution in [0.2, 0.25) is 0 Å². The molecule has 0 amide bonds. The molecule has 0 aliphatic heterocycles. The van der Waals surface area contributed by atoms with Gasteiger partial charge in [0, 0.05) is 22.7 Å². The summed E-state index contributed by atoms with van der Waals surface area (Å²) in [6.07, 6.45) is 2.29. The van der Waals surface area contributed by atoms with Crippen LogP contribution in [0.4, 0.5) is 0 Å². The third kappa shape index (κ3) is 3.23. The molecule has 2 aromatic carbocycles. The van der Waals surface area contributed by atoms with Crippen molar-refractivity contribution in [3.8, 4) is 0 Å². The van der Waals surface area contributed by atoms with Crippen molar-refractivity contribution < 1.29 is 14.3 Å². The van der Waals surface area contributed by atoms with Crippen molar-refractivity contribution in [1.29, 1.82) is 0 Å². The standard InChI is InChI=1S/C20H19NO3/c1-2-15(14-8-4-3-5-9-14)20(23)24-13-19(22)17-12-21-18-11-7-6-10-16(17)18/h3-12,15,21H,2,13H2,1H3. The lowest BCUT2D eigenvalue weighted by Gasteiger charge is -2.14.